The van der Waals surface area contributed by atoms with Crippen LogP contribution in [0.25, 0.3) is 0 Å². The van der Waals surface area contributed by atoms with E-state index in [2.05, 4.69) is 107 Å². The molecule has 5 atom stereocenters. The highest BCUT2D eigenvalue weighted by molar-refractivity contribution is 6.74. The first-order valence-corrected chi connectivity index (χ1v) is 21.4. The van der Waals surface area contributed by atoms with E-state index < -0.39 is 16.6 Å². The molecular weight excluding hydrogens is 497 g/mol. The standard InChI is InChI=1S/C34H62O2Si2/c1-24(2)28-19-20-29-27(16-15-21-34(28,29)10)18-17-26-22-30(35-37(11,12)32(4,5)6)25(3)31(23-26)36-38(13,14)33(7,8)9/h17-18,24,28-31H,3,15-16,19-23H2,1-2,4-14H3/b27-18+/t28?,29?,30-,31-,34-/m1/s1. The fourth-order valence-electron chi connectivity index (χ4n) is 7.06. The summed E-state index contributed by atoms with van der Waals surface area (Å²) in [4.78, 5) is 0. The molecule has 2 unspecified atom stereocenters. The van der Waals surface area contributed by atoms with Crippen molar-refractivity contribution >= 4 is 16.6 Å². The van der Waals surface area contributed by atoms with Crippen LogP contribution in [0, 0.1) is 23.2 Å². The Kier molecular flexibility index (Phi) is 9.37. The van der Waals surface area contributed by atoms with Gasteiger partial charge in [0.15, 0.2) is 16.6 Å². The molecule has 0 bridgehead atoms. The maximum absolute atomic E-state index is 7.05. The van der Waals surface area contributed by atoms with E-state index in [9.17, 15) is 0 Å². The minimum Gasteiger partial charge on any atom is -0.410 e. The molecule has 3 aliphatic carbocycles. The van der Waals surface area contributed by atoms with Gasteiger partial charge in [-0.3, -0.25) is 0 Å². The largest absolute Gasteiger partial charge is 0.410 e. The summed E-state index contributed by atoms with van der Waals surface area (Å²) in [5.41, 5.74) is 4.86. The van der Waals surface area contributed by atoms with Crippen LogP contribution in [-0.2, 0) is 8.85 Å². The normalized spacial score (nSPS) is 32.7. The molecular formula is C34H62O2Si2. The summed E-state index contributed by atoms with van der Waals surface area (Å²) in [5, 5.41) is 0.350. The van der Waals surface area contributed by atoms with Gasteiger partial charge in [0, 0.05) is 0 Å². The van der Waals surface area contributed by atoms with Gasteiger partial charge in [-0.25, -0.2) is 0 Å². The van der Waals surface area contributed by atoms with Crippen LogP contribution < -0.4 is 0 Å². The van der Waals surface area contributed by atoms with Crippen LogP contribution in [-0.4, -0.2) is 28.8 Å². The lowest BCUT2D eigenvalue weighted by molar-refractivity contribution is 0.104. The third-order valence-electron chi connectivity index (χ3n) is 11.6. The lowest BCUT2D eigenvalue weighted by Crippen LogP contribution is -2.49. The highest BCUT2D eigenvalue weighted by Gasteiger charge is 2.50. The molecule has 2 nitrogen and oxygen atoms in total. The van der Waals surface area contributed by atoms with E-state index in [0.29, 0.717) is 5.41 Å². The Balaban J connectivity index is 1.92. The molecule has 218 valence electrons. The summed E-state index contributed by atoms with van der Waals surface area (Å²) in [6.07, 6.45) is 13.9. The molecule has 0 aromatic carbocycles. The van der Waals surface area contributed by atoms with Crippen molar-refractivity contribution in [3.63, 3.8) is 0 Å². The maximum Gasteiger partial charge on any atom is 0.192 e. The molecule has 0 amide bonds. The van der Waals surface area contributed by atoms with Crippen LogP contribution in [0.15, 0.2) is 35.5 Å². The van der Waals surface area contributed by atoms with Crippen LogP contribution in [0.5, 0.6) is 0 Å². The Morgan fingerprint density at radius 2 is 1.37 bits per heavy atom. The van der Waals surface area contributed by atoms with Gasteiger partial charge >= 0.3 is 0 Å². The van der Waals surface area contributed by atoms with Crippen molar-refractivity contribution in [3.8, 4) is 0 Å². The quantitative estimate of drug-likeness (QED) is 0.238. The van der Waals surface area contributed by atoms with E-state index in [4.69, 9.17) is 8.85 Å². The summed E-state index contributed by atoms with van der Waals surface area (Å²) in [7, 11) is -3.88. The average molecular weight is 559 g/mol. The molecule has 3 aliphatic rings. The Morgan fingerprint density at radius 1 is 0.868 bits per heavy atom. The number of allylic oxidation sites excluding steroid dienone is 3. The number of fused-ring (bicyclic) bond motifs is 1. The topological polar surface area (TPSA) is 18.5 Å². The van der Waals surface area contributed by atoms with Gasteiger partial charge in [-0.2, -0.15) is 0 Å². The lowest BCUT2D eigenvalue weighted by Gasteiger charge is -2.46. The molecule has 0 aliphatic heterocycles. The van der Waals surface area contributed by atoms with Gasteiger partial charge in [0.25, 0.3) is 0 Å². The van der Waals surface area contributed by atoms with Crippen molar-refractivity contribution in [2.45, 2.75) is 156 Å². The first-order valence-electron chi connectivity index (χ1n) is 15.6. The molecule has 0 heterocycles. The molecule has 3 fully saturated rings. The number of rotatable bonds is 6. The molecule has 0 radical (unpaired) electrons. The van der Waals surface area contributed by atoms with E-state index in [0.717, 1.165) is 30.6 Å². The van der Waals surface area contributed by atoms with Gasteiger partial charge < -0.3 is 8.85 Å². The molecule has 4 heteroatoms. The zero-order valence-electron chi connectivity index (χ0n) is 27.5. The van der Waals surface area contributed by atoms with Crippen LogP contribution in [0.4, 0.5) is 0 Å². The highest BCUT2D eigenvalue weighted by Crippen LogP contribution is 2.59. The van der Waals surface area contributed by atoms with Crippen molar-refractivity contribution in [1.82, 2.24) is 0 Å². The van der Waals surface area contributed by atoms with Crippen molar-refractivity contribution in [3.05, 3.63) is 35.5 Å². The van der Waals surface area contributed by atoms with Gasteiger partial charge in [0.1, 0.15) is 0 Å². The summed E-state index contributed by atoms with van der Waals surface area (Å²) in [5.74, 6) is 2.41. The molecule has 0 spiro atoms. The fraction of sp³-hybridized carbons (Fsp3) is 0.824. The van der Waals surface area contributed by atoms with E-state index >= 15 is 0 Å². The summed E-state index contributed by atoms with van der Waals surface area (Å²) in [6, 6.07) is 0. The number of hydrogen-bond donors (Lipinski definition) is 0. The first kappa shape index (κ1) is 32.1. The minimum atomic E-state index is -1.94. The van der Waals surface area contributed by atoms with E-state index in [1.807, 2.05) is 0 Å². The van der Waals surface area contributed by atoms with Gasteiger partial charge in [0.05, 0.1) is 12.2 Å². The molecule has 0 aromatic rings. The summed E-state index contributed by atoms with van der Waals surface area (Å²) < 4.78 is 14.1. The third kappa shape index (κ3) is 6.55. The smallest absolute Gasteiger partial charge is 0.192 e. The van der Waals surface area contributed by atoms with Crippen molar-refractivity contribution in [2.24, 2.45) is 23.2 Å². The summed E-state index contributed by atoms with van der Waals surface area (Å²) in [6.45, 7) is 35.6. The van der Waals surface area contributed by atoms with E-state index in [1.165, 1.54) is 43.3 Å². The second kappa shape index (κ2) is 11.1. The zero-order chi connectivity index (χ0) is 28.9. The Morgan fingerprint density at radius 3 is 1.82 bits per heavy atom. The van der Waals surface area contributed by atoms with Crippen molar-refractivity contribution < 1.29 is 8.85 Å². The van der Waals surface area contributed by atoms with Crippen LogP contribution in [0.2, 0.25) is 36.3 Å². The second-order valence-electron chi connectivity index (χ2n) is 16.6. The van der Waals surface area contributed by atoms with Crippen molar-refractivity contribution in [1.29, 1.82) is 0 Å². The zero-order valence-corrected chi connectivity index (χ0v) is 29.5. The predicted octanol–water partition coefficient (Wildman–Crippen LogP) is 10.8. The summed E-state index contributed by atoms with van der Waals surface area (Å²) >= 11 is 0. The Hall–Kier alpha value is -0.426. The number of hydrogen-bond acceptors (Lipinski definition) is 2. The molecule has 0 saturated heterocycles. The molecule has 3 saturated carbocycles. The van der Waals surface area contributed by atoms with Gasteiger partial charge in [0.2, 0.25) is 0 Å². The third-order valence-corrected chi connectivity index (χ3v) is 20.6. The highest BCUT2D eigenvalue weighted by atomic mass is 28.4. The average Bonchev–Trinajstić information content (AvgIpc) is 3.11. The molecule has 38 heavy (non-hydrogen) atoms. The van der Waals surface area contributed by atoms with Crippen molar-refractivity contribution in [2.75, 3.05) is 0 Å². The Bertz CT molecular complexity index is 885. The van der Waals surface area contributed by atoms with Crippen LogP contribution in [0.3, 0.4) is 0 Å². The van der Waals surface area contributed by atoms with Gasteiger partial charge in [-0.05, 0) is 110 Å². The lowest BCUT2D eigenvalue weighted by atomic mass is 9.61. The minimum absolute atomic E-state index is 0.0532. The van der Waals surface area contributed by atoms with E-state index in [-0.39, 0.29) is 22.3 Å². The molecule has 3 rings (SSSR count). The predicted molar refractivity (Wildman–Crippen MR) is 172 cm³/mol. The molecule has 0 aromatic heterocycles. The monoisotopic (exact) mass is 558 g/mol. The SMILES string of the molecule is C=C1[C@H](O[Si](C)(C)C(C)(C)C)CC(=C/C=C2\CCC[C@@]3(C)C2CCC3C(C)C)C[C@H]1O[Si](C)(C)C(C)(C)C. The van der Waals surface area contributed by atoms with Crippen LogP contribution >= 0.6 is 0 Å². The fourth-order valence-corrected chi connectivity index (χ4v) is 9.66. The van der Waals surface area contributed by atoms with E-state index in [1.54, 1.807) is 5.57 Å². The molecule has 0 N–H and O–H groups in total. The van der Waals surface area contributed by atoms with Crippen LogP contribution in [0.1, 0.15) is 107 Å². The second-order valence-corrected chi connectivity index (χ2v) is 26.1. The van der Waals surface area contributed by atoms with Gasteiger partial charge in [-0.15, -0.1) is 0 Å². The Labute approximate surface area is 239 Å². The van der Waals surface area contributed by atoms with Gasteiger partial charge in [-0.1, -0.05) is 92.2 Å². The maximum atomic E-state index is 7.05. The first-order chi connectivity index (χ1) is 17.2.